The summed E-state index contributed by atoms with van der Waals surface area (Å²) in [6, 6.07) is 12.2. The zero-order chi connectivity index (χ0) is 18.4. The van der Waals surface area contributed by atoms with E-state index in [1.807, 2.05) is 37.4 Å². The van der Waals surface area contributed by atoms with E-state index in [9.17, 15) is 0 Å². The number of hydrogen-bond donors (Lipinski definition) is 0. The number of hydrogen-bond acceptors (Lipinski definition) is 5. The van der Waals surface area contributed by atoms with Gasteiger partial charge in [-0.25, -0.2) is 0 Å². The molecule has 3 rings (SSSR count). The van der Waals surface area contributed by atoms with E-state index in [-0.39, 0.29) is 0 Å². The molecule has 6 heteroatoms. The topological polar surface area (TPSA) is 43.3 Å². The van der Waals surface area contributed by atoms with Crippen LogP contribution in [0.2, 0.25) is 0 Å². The van der Waals surface area contributed by atoms with E-state index in [2.05, 4.69) is 38.0 Å². The minimum atomic E-state index is 0.576. The van der Waals surface area contributed by atoms with Gasteiger partial charge in [0, 0.05) is 25.0 Å². The predicted molar refractivity (Wildman–Crippen MR) is 109 cm³/mol. The minimum Gasteiger partial charge on any atom is -0.492 e. The molecule has 1 aliphatic rings. The Morgan fingerprint density at radius 2 is 1.92 bits per heavy atom. The van der Waals surface area contributed by atoms with Gasteiger partial charge in [-0.15, -0.1) is 0 Å². The summed E-state index contributed by atoms with van der Waals surface area (Å²) < 4.78 is 17.3. The third-order valence-corrected chi connectivity index (χ3v) is 4.71. The number of rotatable bonds is 6. The summed E-state index contributed by atoms with van der Waals surface area (Å²) in [4.78, 5) is 6.90. The number of aliphatic imine (C=N–C) groups is 1. The van der Waals surface area contributed by atoms with E-state index in [1.54, 1.807) is 7.11 Å². The second-order valence-electron chi connectivity index (χ2n) is 5.84. The van der Waals surface area contributed by atoms with Gasteiger partial charge in [0.25, 0.3) is 0 Å². The lowest BCUT2D eigenvalue weighted by molar-refractivity contribution is 0.122. The minimum absolute atomic E-state index is 0.576. The van der Waals surface area contributed by atoms with Gasteiger partial charge >= 0.3 is 0 Å². The molecule has 5 nitrogen and oxygen atoms in total. The molecule has 2 aromatic carbocycles. The van der Waals surface area contributed by atoms with Crippen molar-refractivity contribution in [2.75, 3.05) is 44.9 Å². The van der Waals surface area contributed by atoms with Crippen molar-refractivity contribution in [1.29, 1.82) is 0 Å². The van der Waals surface area contributed by atoms with Gasteiger partial charge in [0.1, 0.15) is 0 Å². The number of anilines is 1. The van der Waals surface area contributed by atoms with E-state index in [4.69, 9.17) is 14.2 Å². The number of ether oxygens (including phenoxy) is 3. The highest BCUT2D eigenvalue weighted by atomic mass is 79.9. The highest BCUT2D eigenvalue weighted by molar-refractivity contribution is 9.10. The fourth-order valence-electron chi connectivity index (χ4n) is 2.84. The molecule has 1 fully saturated rings. The molecule has 0 aliphatic carbocycles. The molecule has 26 heavy (non-hydrogen) atoms. The Hall–Kier alpha value is -2.05. The lowest BCUT2D eigenvalue weighted by Crippen LogP contribution is -2.36. The molecule has 1 aliphatic heterocycles. The number of methoxy groups -OCH3 is 1. The lowest BCUT2D eigenvalue weighted by atomic mass is 10.2. The zero-order valence-corrected chi connectivity index (χ0v) is 16.7. The summed E-state index contributed by atoms with van der Waals surface area (Å²) in [5.41, 5.74) is 3.06. The Morgan fingerprint density at radius 1 is 1.19 bits per heavy atom. The van der Waals surface area contributed by atoms with Crippen LogP contribution in [0.5, 0.6) is 11.5 Å². The van der Waals surface area contributed by atoms with Gasteiger partial charge in [0.2, 0.25) is 0 Å². The van der Waals surface area contributed by atoms with Crippen LogP contribution in [-0.4, -0.2) is 46.2 Å². The molecular weight excluding hydrogens is 396 g/mol. The fourth-order valence-corrected chi connectivity index (χ4v) is 3.47. The van der Waals surface area contributed by atoms with Crippen molar-refractivity contribution in [2.45, 2.75) is 6.92 Å². The SMILES string of the molecule is CCOc1cc(C=Nc2ccc(N3CCOCC3)cc2)cc(Br)c1OC. The second-order valence-corrected chi connectivity index (χ2v) is 6.70. The summed E-state index contributed by atoms with van der Waals surface area (Å²) in [6.45, 7) is 5.96. The van der Waals surface area contributed by atoms with Gasteiger partial charge in [0.15, 0.2) is 11.5 Å². The van der Waals surface area contributed by atoms with Crippen LogP contribution in [0.15, 0.2) is 45.9 Å². The summed E-state index contributed by atoms with van der Waals surface area (Å²) in [7, 11) is 1.63. The van der Waals surface area contributed by atoms with Gasteiger partial charge in [-0.05, 0) is 64.8 Å². The summed E-state index contributed by atoms with van der Waals surface area (Å²) in [5, 5.41) is 0. The van der Waals surface area contributed by atoms with Crippen LogP contribution in [-0.2, 0) is 4.74 Å². The van der Waals surface area contributed by atoms with Crippen molar-refractivity contribution in [2.24, 2.45) is 4.99 Å². The van der Waals surface area contributed by atoms with Crippen LogP contribution in [0.1, 0.15) is 12.5 Å². The van der Waals surface area contributed by atoms with Crippen LogP contribution in [0.25, 0.3) is 0 Å². The van der Waals surface area contributed by atoms with Crippen LogP contribution >= 0.6 is 15.9 Å². The largest absolute Gasteiger partial charge is 0.492 e. The smallest absolute Gasteiger partial charge is 0.174 e. The van der Waals surface area contributed by atoms with Crippen molar-refractivity contribution in [3.8, 4) is 11.5 Å². The van der Waals surface area contributed by atoms with Crippen molar-refractivity contribution >= 4 is 33.5 Å². The third kappa shape index (κ3) is 4.56. The second kappa shape index (κ2) is 9.05. The Kier molecular flexibility index (Phi) is 6.52. The molecular formula is C20H23BrN2O3. The molecule has 0 N–H and O–H groups in total. The van der Waals surface area contributed by atoms with Crippen LogP contribution in [0.4, 0.5) is 11.4 Å². The first-order valence-electron chi connectivity index (χ1n) is 8.68. The molecule has 0 saturated carbocycles. The number of morpholine rings is 1. The Labute approximate surface area is 162 Å². The van der Waals surface area contributed by atoms with Gasteiger partial charge in [0.05, 0.1) is 37.1 Å². The monoisotopic (exact) mass is 418 g/mol. The number of halogens is 1. The molecule has 0 aromatic heterocycles. The molecule has 0 bridgehead atoms. The first-order valence-corrected chi connectivity index (χ1v) is 9.47. The summed E-state index contributed by atoms with van der Waals surface area (Å²) in [5.74, 6) is 1.40. The maximum absolute atomic E-state index is 5.65. The summed E-state index contributed by atoms with van der Waals surface area (Å²) >= 11 is 3.53. The van der Waals surface area contributed by atoms with Crippen LogP contribution in [0, 0.1) is 0 Å². The summed E-state index contributed by atoms with van der Waals surface area (Å²) in [6.07, 6.45) is 1.83. The molecule has 0 spiro atoms. The highest BCUT2D eigenvalue weighted by Gasteiger charge is 2.11. The maximum atomic E-state index is 5.65. The van der Waals surface area contributed by atoms with Crippen molar-refractivity contribution in [3.63, 3.8) is 0 Å². The van der Waals surface area contributed by atoms with Crippen molar-refractivity contribution in [1.82, 2.24) is 0 Å². The molecule has 0 atom stereocenters. The van der Waals surface area contributed by atoms with Gasteiger partial charge in [-0.3, -0.25) is 4.99 Å². The normalized spacial score (nSPS) is 14.7. The zero-order valence-electron chi connectivity index (χ0n) is 15.1. The molecule has 1 heterocycles. The van der Waals surface area contributed by atoms with E-state index >= 15 is 0 Å². The maximum Gasteiger partial charge on any atom is 0.174 e. The standard InChI is InChI=1S/C20H23BrN2O3/c1-3-26-19-13-15(12-18(21)20(19)24-2)14-22-16-4-6-17(7-5-16)23-8-10-25-11-9-23/h4-7,12-14H,3,8-11H2,1-2H3. The highest BCUT2D eigenvalue weighted by Crippen LogP contribution is 2.36. The predicted octanol–water partition coefficient (Wildman–Crippen LogP) is 4.44. The molecule has 138 valence electrons. The van der Waals surface area contributed by atoms with Crippen LogP contribution < -0.4 is 14.4 Å². The van der Waals surface area contributed by atoms with Crippen molar-refractivity contribution < 1.29 is 14.2 Å². The average molecular weight is 419 g/mol. The molecule has 0 unspecified atom stereocenters. The molecule has 1 saturated heterocycles. The number of nitrogens with zero attached hydrogens (tertiary/aromatic N) is 2. The molecule has 0 amide bonds. The average Bonchev–Trinajstić information content (AvgIpc) is 2.68. The van der Waals surface area contributed by atoms with E-state index in [1.165, 1.54) is 5.69 Å². The Balaban J connectivity index is 1.74. The lowest BCUT2D eigenvalue weighted by Gasteiger charge is -2.28. The van der Waals surface area contributed by atoms with E-state index in [0.717, 1.165) is 42.0 Å². The first-order chi connectivity index (χ1) is 12.7. The molecule has 0 radical (unpaired) electrons. The third-order valence-electron chi connectivity index (χ3n) is 4.12. The first kappa shape index (κ1) is 18.7. The van der Waals surface area contributed by atoms with E-state index < -0.39 is 0 Å². The van der Waals surface area contributed by atoms with Gasteiger partial charge in [-0.2, -0.15) is 0 Å². The molecule has 2 aromatic rings. The number of benzene rings is 2. The van der Waals surface area contributed by atoms with Gasteiger partial charge in [-0.1, -0.05) is 0 Å². The Morgan fingerprint density at radius 3 is 2.58 bits per heavy atom. The van der Waals surface area contributed by atoms with Gasteiger partial charge < -0.3 is 19.1 Å². The fraction of sp³-hybridized carbons (Fsp3) is 0.350. The Bertz CT molecular complexity index is 756. The quantitative estimate of drug-likeness (QED) is 0.650. The van der Waals surface area contributed by atoms with Crippen LogP contribution in [0.3, 0.4) is 0 Å². The van der Waals surface area contributed by atoms with Crippen molar-refractivity contribution in [3.05, 3.63) is 46.4 Å². The van der Waals surface area contributed by atoms with E-state index in [0.29, 0.717) is 18.1 Å².